The maximum atomic E-state index is 12.9. The quantitative estimate of drug-likeness (QED) is 0.0195. The molecule has 0 radical (unpaired) electrons. The van der Waals surface area contributed by atoms with Crippen LogP contribution in [0.4, 0.5) is 0 Å². The summed E-state index contributed by atoms with van der Waals surface area (Å²) in [7, 11) is 5.92. The second-order valence-electron chi connectivity index (χ2n) is 23.0. The largest absolute Gasteiger partial charge is 0.545 e. The molecule has 0 aliphatic heterocycles. The zero-order valence-corrected chi connectivity index (χ0v) is 50.6. The Bertz CT molecular complexity index is 1380. The molecule has 0 bridgehead atoms. The van der Waals surface area contributed by atoms with Gasteiger partial charge in [-0.05, 0) is 70.6 Å². The molecule has 0 aromatic heterocycles. The van der Waals surface area contributed by atoms with E-state index in [0.29, 0.717) is 17.4 Å². The SMILES string of the molecule is CCCC/C=C\C/C=C\CCCCCCCC(=O)OCC(COC(OCC[N+](C)(C)C)C(=O)[O-])OC(=O)CCCCCCCCCCCCCCCCCCCCCCCCCCC/C=C\C/C=C\CCCCCCC. The first kappa shape index (κ1) is 73.2. The van der Waals surface area contributed by atoms with Crippen molar-refractivity contribution < 1.29 is 42.9 Å². The second kappa shape index (κ2) is 58.4. The van der Waals surface area contributed by atoms with E-state index in [9.17, 15) is 19.5 Å². The third-order valence-electron chi connectivity index (χ3n) is 14.3. The monoisotopic (exact) mass is 1070 g/mol. The smallest absolute Gasteiger partial charge is 0.306 e. The van der Waals surface area contributed by atoms with E-state index >= 15 is 0 Å². The van der Waals surface area contributed by atoms with Crippen molar-refractivity contribution in [2.75, 3.05) is 47.5 Å². The maximum Gasteiger partial charge on any atom is 0.306 e. The van der Waals surface area contributed by atoms with Crippen LogP contribution in [0.5, 0.6) is 0 Å². The van der Waals surface area contributed by atoms with Crippen molar-refractivity contribution in [3.05, 3.63) is 48.6 Å². The molecule has 0 heterocycles. The minimum absolute atomic E-state index is 0.146. The van der Waals surface area contributed by atoms with Gasteiger partial charge in [0.25, 0.3) is 0 Å². The Balaban J connectivity index is 3.97. The van der Waals surface area contributed by atoms with Crippen LogP contribution in [0.1, 0.15) is 303 Å². The number of likely N-dealkylation sites (N-methyl/N-ethyl adjacent to an activating group) is 1. The highest BCUT2D eigenvalue weighted by atomic mass is 16.7. The minimum Gasteiger partial charge on any atom is -0.545 e. The molecule has 9 nitrogen and oxygen atoms in total. The molecule has 444 valence electrons. The molecule has 0 aromatic rings. The van der Waals surface area contributed by atoms with Gasteiger partial charge in [0, 0.05) is 12.8 Å². The fourth-order valence-electron chi connectivity index (χ4n) is 9.29. The summed E-state index contributed by atoms with van der Waals surface area (Å²) in [6.07, 6.45) is 70.6. The van der Waals surface area contributed by atoms with Gasteiger partial charge in [-0.15, -0.1) is 0 Å². The molecule has 2 unspecified atom stereocenters. The number of unbranched alkanes of at least 4 members (excludes halogenated alkanes) is 37. The Kier molecular flexibility index (Phi) is 56.3. The lowest BCUT2D eigenvalue weighted by atomic mass is 10.0. The third kappa shape index (κ3) is 58.9. The molecule has 9 heteroatoms. The molecule has 0 N–H and O–H groups in total. The number of ether oxygens (including phenoxy) is 4. The molecule has 0 saturated heterocycles. The number of quaternary nitrogens is 1. The van der Waals surface area contributed by atoms with Gasteiger partial charge in [0.05, 0.1) is 40.3 Å². The van der Waals surface area contributed by atoms with Gasteiger partial charge < -0.3 is 33.3 Å². The summed E-state index contributed by atoms with van der Waals surface area (Å²) < 4.78 is 22.7. The topological polar surface area (TPSA) is 111 Å². The van der Waals surface area contributed by atoms with Gasteiger partial charge in [0.15, 0.2) is 12.4 Å². The normalized spacial score (nSPS) is 13.0. The standard InChI is InChI=1S/C67H123NO8/c1-6-8-10-12-14-16-18-20-22-23-24-25-26-27-28-29-30-31-32-33-34-35-36-37-38-39-40-41-42-43-44-46-48-50-52-54-56-58-65(70)76-63(62-75-67(66(71)72)73-60-59-68(3,4)5)61-74-64(69)57-55-53-51-49-47-45-21-19-17-15-13-11-9-7-2/h13,15,18-21,23-24,63,67H,6-12,14,16-17,22,25-62H2,1-5H3/b15-13-,20-18-,21-19-,24-23-. The van der Waals surface area contributed by atoms with Crippen molar-refractivity contribution in [3.8, 4) is 0 Å². The molecule has 0 amide bonds. The minimum atomic E-state index is -1.62. The molecule has 0 saturated carbocycles. The summed E-state index contributed by atoms with van der Waals surface area (Å²) in [5, 5.41) is 11.8. The van der Waals surface area contributed by atoms with Crippen molar-refractivity contribution in [2.24, 2.45) is 0 Å². The molecule has 0 spiro atoms. The first-order chi connectivity index (χ1) is 37.1. The number of carboxylic acids is 1. The Labute approximate surface area is 470 Å². The summed E-state index contributed by atoms with van der Waals surface area (Å²) in [6, 6.07) is 0. The summed E-state index contributed by atoms with van der Waals surface area (Å²) in [5.41, 5.74) is 0. The Morgan fingerprint density at radius 2 is 0.724 bits per heavy atom. The molecule has 0 rings (SSSR count). The van der Waals surface area contributed by atoms with Crippen LogP contribution in [-0.4, -0.2) is 82.3 Å². The Morgan fingerprint density at radius 3 is 1.08 bits per heavy atom. The van der Waals surface area contributed by atoms with E-state index in [1.54, 1.807) is 0 Å². The molecule has 0 aliphatic rings. The van der Waals surface area contributed by atoms with Crippen molar-refractivity contribution in [3.63, 3.8) is 0 Å². The van der Waals surface area contributed by atoms with Crippen LogP contribution in [0.25, 0.3) is 0 Å². The van der Waals surface area contributed by atoms with Crippen molar-refractivity contribution in [1.82, 2.24) is 0 Å². The zero-order chi connectivity index (χ0) is 55.5. The first-order valence-electron chi connectivity index (χ1n) is 32.3. The predicted molar refractivity (Wildman–Crippen MR) is 320 cm³/mol. The lowest BCUT2D eigenvalue weighted by Gasteiger charge is -2.26. The summed E-state index contributed by atoms with van der Waals surface area (Å²) >= 11 is 0. The maximum absolute atomic E-state index is 12.9. The van der Waals surface area contributed by atoms with Crippen molar-refractivity contribution in [1.29, 1.82) is 0 Å². The summed E-state index contributed by atoms with van der Waals surface area (Å²) in [5.74, 6) is -2.29. The first-order valence-corrected chi connectivity index (χ1v) is 32.3. The molecule has 0 aliphatic carbocycles. The van der Waals surface area contributed by atoms with Crippen LogP contribution in [0.2, 0.25) is 0 Å². The second-order valence-corrected chi connectivity index (χ2v) is 23.0. The van der Waals surface area contributed by atoms with Gasteiger partial charge in [-0.1, -0.05) is 268 Å². The van der Waals surface area contributed by atoms with Gasteiger partial charge in [0.1, 0.15) is 13.2 Å². The average Bonchev–Trinajstić information content (AvgIpc) is 3.39. The molecule has 0 fully saturated rings. The van der Waals surface area contributed by atoms with Gasteiger partial charge >= 0.3 is 11.9 Å². The van der Waals surface area contributed by atoms with E-state index in [1.165, 1.54) is 199 Å². The fraction of sp³-hybridized carbons (Fsp3) is 0.836. The number of hydrogen-bond donors (Lipinski definition) is 0. The van der Waals surface area contributed by atoms with Crippen molar-refractivity contribution in [2.45, 2.75) is 315 Å². The van der Waals surface area contributed by atoms with Crippen LogP contribution >= 0.6 is 0 Å². The number of carboxylic acid groups (broad SMARTS) is 1. The zero-order valence-electron chi connectivity index (χ0n) is 50.6. The van der Waals surface area contributed by atoms with Crippen LogP contribution in [-0.2, 0) is 33.3 Å². The van der Waals surface area contributed by atoms with E-state index in [4.69, 9.17) is 18.9 Å². The molecule has 2 atom stereocenters. The van der Waals surface area contributed by atoms with Gasteiger partial charge in [-0.2, -0.15) is 0 Å². The van der Waals surface area contributed by atoms with Crippen molar-refractivity contribution >= 4 is 17.9 Å². The number of rotatable bonds is 60. The number of carbonyl (C=O) groups excluding carboxylic acids is 3. The molecular formula is C67H123NO8. The summed E-state index contributed by atoms with van der Waals surface area (Å²) in [6.45, 7) is 4.71. The number of esters is 2. The molecule has 0 aromatic carbocycles. The number of allylic oxidation sites excluding steroid dienone is 8. The van der Waals surface area contributed by atoms with E-state index < -0.39 is 24.3 Å². The molecule has 76 heavy (non-hydrogen) atoms. The van der Waals surface area contributed by atoms with E-state index in [-0.39, 0.29) is 38.6 Å². The lowest BCUT2D eigenvalue weighted by Crippen LogP contribution is -2.44. The summed E-state index contributed by atoms with van der Waals surface area (Å²) in [4.78, 5) is 37.3. The fourth-order valence-corrected chi connectivity index (χ4v) is 9.29. The van der Waals surface area contributed by atoms with Crippen LogP contribution in [0.3, 0.4) is 0 Å². The predicted octanol–water partition coefficient (Wildman–Crippen LogP) is 18.1. The average molecular weight is 1070 g/mol. The van der Waals surface area contributed by atoms with Gasteiger partial charge in [0.2, 0.25) is 0 Å². The number of nitrogens with zero attached hydrogens (tertiary/aromatic N) is 1. The highest BCUT2D eigenvalue weighted by Crippen LogP contribution is 2.18. The lowest BCUT2D eigenvalue weighted by molar-refractivity contribution is -0.870. The number of aliphatic carboxylic acids is 1. The van der Waals surface area contributed by atoms with Crippen LogP contribution in [0, 0.1) is 0 Å². The van der Waals surface area contributed by atoms with Gasteiger partial charge in [-0.25, -0.2) is 0 Å². The van der Waals surface area contributed by atoms with Crippen LogP contribution < -0.4 is 5.11 Å². The highest BCUT2D eigenvalue weighted by molar-refractivity contribution is 5.70. The van der Waals surface area contributed by atoms with E-state index in [0.717, 1.165) is 70.6 Å². The van der Waals surface area contributed by atoms with E-state index in [1.807, 2.05) is 21.1 Å². The number of carbonyl (C=O) groups is 3. The van der Waals surface area contributed by atoms with Crippen LogP contribution in [0.15, 0.2) is 48.6 Å². The van der Waals surface area contributed by atoms with E-state index in [2.05, 4.69) is 62.5 Å². The third-order valence-corrected chi connectivity index (χ3v) is 14.3. The Morgan fingerprint density at radius 1 is 0.395 bits per heavy atom. The Hall–Kier alpha value is -2.75. The van der Waals surface area contributed by atoms with Gasteiger partial charge in [-0.3, -0.25) is 9.59 Å². The number of hydrogen-bond acceptors (Lipinski definition) is 8. The highest BCUT2D eigenvalue weighted by Gasteiger charge is 2.22. The molecular weight excluding hydrogens is 947 g/mol.